The summed E-state index contributed by atoms with van der Waals surface area (Å²) in [5.74, 6) is 0.522. The van der Waals surface area contributed by atoms with E-state index in [1.165, 1.54) is 6.07 Å². The van der Waals surface area contributed by atoms with E-state index in [4.69, 9.17) is 10.9 Å². The van der Waals surface area contributed by atoms with Gasteiger partial charge in [-0.25, -0.2) is 13.6 Å². The van der Waals surface area contributed by atoms with E-state index in [1.807, 2.05) is 13.0 Å². The number of benzene rings is 1. The van der Waals surface area contributed by atoms with Gasteiger partial charge in [0, 0.05) is 24.5 Å². The minimum atomic E-state index is -3.76. The first-order chi connectivity index (χ1) is 9.20. The number of nitrogens with zero attached hydrogens (tertiary/aromatic N) is 1. The molecule has 1 aromatic carbocycles. The summed E-state index contributed by atoms with van der Waals surface area (Å²) in [6.45, 7) is 9.78. The maximum atomic E-state index is 11.7. The Morgan fingerprint density at radius 3 is 2.35 bits per heavy atom. The second-order valence-corrected chi connectivity index (χ2v) is 6.79. The monoisotopic (exact) mass is 299 g/mol. The molecule has 20 heavy (non-hydrogen) atoms. The van der Waals surface area contributed by atoms with Crippen LogP contribution in [0.3, 0.4) is 0 Å². The zero-order valence-electron chi connectivity index (χ0n) is 12.7. The lowest BCUT2D eigenvalue weighted by Gasteiger charge is -2.28. The molecule has 0 amide bonds. The maximum absolute atomic E-state index is 11.7. The van der Waals surface area contributed by atoms with Gasteiger partial charge in [-0.3, -0.25) is 0 Å². The Bertz CT molecular complexity index is 570. The molecule has 0 bridgehead atoms. The summed E-state index contributed by atoms with van der Waals surface area (Å²) < 4.78 is 23.3. The molecule has 1 rings (SSSR count). The zero-order chi connectivity index (χ0) is 15.5. The molecule has 1 aromatic rings. The van der Waals surface area contributed by atoms with Gasteiger partial charge in [-0.05, 0) is 37.5 Å². The van der Waals surface area contributed by atoms with Crippen molar-refractivity contribution in [2.24, 2.45) is 11.1 Å². The van der Waals surface area contributed by atoms with Gasteiger partial charge in [-0.2, -0.15) is 0 Å². The van der Waals surface area contributed by atoms with Crippen molar-refractivity contribution in [3.8, 4) is 0 Å². The first kappa shape index (κ1) is 16.8. The smallest absolute Gasteiger partial charge is 0.238 e. The van der Waals surface area contributed by atoms with Gasteiger partial charge in [0.05, 0.1) is 4.90 Å². The van der Waals surface area contributed by atoms with Crippen LogP contribution in [0.4, 0.5) is 11.4 Å². The lowest BCUT2D eigenvalue weighted by molar-refractivity contribution is 0.547. The van der Waals surface area contributed by atoms with Gasteiger partial charge in [0.15, 0.2) is 0 Å². The number of rotatable bonds is 6. The van der Waals surface area contributed by atoms with Crippen LogP contribution in [0.1, 0.15) is 32.8 Å². The molecule has 0 saturated heterocycles. The molecule has 0 heterocycles. The highest BCUT2D eigenvalue weighted by Crippen LogP contribution is 2.29. The fraction of sp³-hybridized carbons (Fsp3) is 0.571. The molecule has 0 fully saturated rings. The SMILES string of the molecule is CCC(C)CN(CC)c1cc(N)cc(S(N)(=O)=O)c1C. The number of sulfonamides is 1. The molecule has 6 heteroatoms. The molecule has 4 N–H and O–H groups in total. The van der Waals surface area contributed by atoms with Crippen LogP contribution in [-0.2, 0) is 10.0 Å². The minimum Gasteiger partial charge on any atom is -0.399 e. The van der Waals surface area contributed by atoms with E-state index in [9.17, 15) is 8.42 Å². The highest BCUT2D eigenvalue weighted by molar-refractivity contribution is 7.89. The van der Waals surface area contributed by atoms with E-state index in [0.29, 0.717) is 17.2 Å². The molecule has 0 aliphatic rings. The Labute approximate surface area is 122 Å². The molecule has 0 spiro atoms. The van der Waals surface area contributed by atoms with Crippen molar-refractivity contribution >= 4 is 21.4 Å². The first-order valence-electron chi connectivity index (χ1n) is 6.88. The predicted molar refractivity (Wildman–Crippen MR) is 84.3 cm³/mol. The van der Waals surface area contributed by atoms with Crippen LogP contribution in [0.2, 0.25) is 0 Å². The molecule has 0 aliphatic heterocycles. The van der Waals surface area contributed by atoms with Crippen molar-refractivity contribution in [3.63, 3.8) is 0 Å². The summed E-state index contributed by atoms with van der Waals surface area (Å²) in [6, 6.07) is 3.24. The van der Waals surface area contributed by atoms with Gasteiger partial charge in [-0.15, -0.1) is 0 Å². The van der Waals surface area contributed by atoms with Crippen molar-refractivity contribution in [2.75, 3.05) is 23.7 Å². The van der Waals surface area contributed by atoms with Crippen molar-refractivity contribution < 1.29 is 8.42 Å². The summed E-state index contributed by atoms with van der Waals surface area (Å²) in [7, 11) is -3.76. The van der Waals surface area contributed by atoms with Gasteiger partial charge in [0.1, 0.15) is 0 Å². The Kier molecular flexibility index (Phi) is 5.42. The normalized spacial score (nSPS) is 13.2. The number of nitrogens with two attached hydrogens (primary N) is 2. The molecule has 0 aromatic heterocycles. The van der Waals surface area contributed by atoms with Crippen molar-refractivity contribution in [1.82, 2.24) is 0 Å². The number of hydrogen-bond acceptors (Lipinski definition) is 4. The molecular formula is C14H25N3O2S. The largest absolute Gasteiger partial charge is 0.399 e. The first-order valence-corrected chi connectivity index (χ1v) is 8.43. The number of nitrogen functional groups attached to an aromatic ring is 1. The maximum Gasteiger partial charge on any atom is 0.238 e. The second-order valence-electron chi connectivity index (χ2n) is 5.26. The van der Waals surface area contributed by atoms with Crippen molar-refractivity contribution in [2.45, 2.75) is 39.0 Å². The Morgan fingerprint density at radius 1 is 1.30 bits per heavy atom. The Morgan fingerprint density at radius 2 is 1.90 bits per heavy atom. The number of hydrogen-bond donors (Lipinski definition) is 2. The fourth-order valence-corrected chi connectivity index (χ4v) is 3.05. The molecular weight excluding hydrogens is 274 g/mol. The fourth-order valence-electron chi connectivity index (χ4n) is 2.22. The molecule has 5 nitrogen and oxygen atoms in total. The van der Waals surface area contributed by atoms with Crippen LogP contribution in [0.5, 0.6) is 0 Å². The van der Waals surface area contributed by atoms with E-state index in [0.717, 1.165) is 25.2 Å². The molecule has 0 radical (unpaired) electrons. The van der Waals surface area contributed by atoms with Crippen LogP contribution in [-0.4, -0.2) is 21.5 Å². The van der Waals surface area contributed by atoms with Crippen LogP contribution >= 0.6 is 0 Å². The van der Waals surface area contributed by atoms with Gasteiger partial charge in [-0.1, -0.05) is 20.3 Å². The predicted octanol–water partition coefficient (Wildman–Crippen LogP) is 2.10. The van der Waals surface area contributed by atoms with Crippen LogP contribution in [0, 0.1) is 12.8 Å². The van der Waals surface area contributed by atoms with Gasteiger partial charge < -0.3 is 10.6 Å². The highest BCUT2D eigenvalue weighted by atomic mass is 32.2. The van der Waals surface area contributed by atoms with Crippen LogP contribution < -0.4 is 15.8 Å². The van der Waals surface area contributed by atoms with Gasteiger partial charge >= 0.3 is 0 Å². The molecule has 0 aliphatic carbocycles. The van der Waals surface area contributed by atoms with E-state index in [2.05, 4.69) is 18.7 Å². The van der Waals surface area contributed by atoms with Gasteiger partial charge in [0.2, 0.25) is 10.0 Å². The number of anilines is 2. The zero-order valence-corrected chi connectivity index (χ0v) is 13.5. The summed E-state index contributed by atoms with van der Waals surface area (Å²) in [5.41, 5.74) is 7.75. The molecule has 1 unspecified atom stereocenters. The minimum absolute atomic E-state index is 0.107. The van der Waals surface area contributed by atoms with Crippen LogP contribution in [0.25, 0.3) is 0 Å². The molecule has 1 atom stereocenters. The molecule has 0 saturated carbocycles. The summed E-state index contributed by atoms with van der Waals surface area (Å²) in [5, 5.41) is 5.26. The lowest BCUT2D eigenvalue weighted by Crippen LogP contribution is -2.29. The third kappa shape index (κ3) is 3.86. The summed E-state index contributed by atoms with van der Waals surface area (Å²) >= 11 is 0. The Hall–Kier alpha value is -1.27. The van der Waals surface area contributed by atoms with Crippen LogP contribution in [0.15, 0.2) is 17.0 Å². The number of primary sulfonamides is 1. The van der Waals surface area contributed by atoms with E-state index >= 15 is 0 Å². The average Bonchev–Trinajstić information content (AvgIpc) is 2.36. The lowest BCUT2D eigenvalue weighted by atomic mass is 10.1. The van der Waals surface area contributed by atoms with Crippen molar-refractivity contribution in [3.05, 3.63) is 17.7 Å². The molecule has 114 valence electrons. The second kappa shape index (κ2) is 6.45. The average molecular weight is 299 g/mol. The standard InChI is InChI=1S/C14H25N3O2S/c1-5-10(3)9-17(6-2)13-7-12(15)8-14(11(13)4)20(16,18)19/h7-8,10H,5-6,9,15H2,1-4H3,(H2,16,18,19). The quantitative estimate of drug-likeness (QED) is 0.787. The van der Waals surface area contributed by atoms with Gasteiger partial charge in [0.25, 0.3) is 0 Å². The van der Waals surface area contributed by atoms with Crippen molar-refractivity contribution in [1.29, 1.82) is 0 Å². The third-order valence-electron chi connectivity index (χ3n) is 3.61. The topological polar surface area (TPSA) is 89.4 Å². The van der Waals surface area contributed by atoms with E-state index < -0.39 is 10.0 Å². The third-order valence-corrected chi connectivity index (χ3v) is 4.65. The highest BCUT2D eigenvalue weighted by Gasteiger charge is 2.19. The Balaban J connectivity index is 3.33. The summed E-state index contributed by atoms with van der Waals surface area (Å²) in [4.78, 5) is 2.25. The summed E-state index contributed by atoms with van der Waals surface area (Å²) in [6.07, 6.45) is 1.07. The van der Waals surface area contributed by atoms with E-state index in [1.54, 1.807) is 6.92 Å². The van der Waals surface area contributed by atoms with E-state index in [-0.39, 0.29) is 4.90 Å².